The Labute approximate surface area is 447 Å². The van der Waals surface area contributed by atoms with E-state index < -0.39 is 0 Å². The maximum absolute atomic E-state index is 14.0. The number of benzene rings is 4. The average molecular weight is 1010 g/mol. The van der Waals surface area contributed by atoms with Gasteiger partial charge >= 0.3 is 0 Å². The molecule has 0 fully saturated rings. The van der Waals surface area contributed by atoms with Crippen molar-refractivity contribution in [3.63, 3.8) is 0 Å². The van der Waals surface area contributed by atoms with Crippen molar-refractivity contribution in [1.82, 2.24) is 0 Å². The lowest BCUT2D eigenvalue weighted by Crippen LogP contribution is -2.04. The molecule has 0 unspecified atom stereocenters. The molecule has 0 aliphatic heterocycles. The van der Waals surface area contributed by atoms with Crippen LogP contribution in [0.4, 0.5) is 0 Å². The largest absolute Gasteiger partial charge is 0.506 e. The van der Waals surface area contributed by atoms with E-state index in [9.17, 15) is 10.2 Å². The highest BCUT2D eigenvalue weighted by Crippen LogP contribution is 2.64. The van der Waals surface area contributed by atoms with Crippen molar-refractivity contribution < 1.29 is 10.2 Å². The zero-order valence-electron chi connectivity index (χ0n) is 49.3. The number of hydrogen-bond acceptors (Lipinski definition) is 4. The standard InChI is InChI=1S/C68H94O2S2/c1-33(2)45-25-49(37(9)10)57(50(26-45)38(11)12)65-61(63(69)67(71-65)59-53(41(17)18)29-47(35(5)6)30-54(59)42(19)20)62-64(70)68(60-55(43(21)22)31-48(36(7)8)32-56(60)44(23)24)72-66(62)58-51(39(13)14)27-46(34(3)4)28-52(58)40(15)16/h25-44,69-70H,1-24H3. The molecule has 4 heteroatoms. The summed E-state index contributed by atoms with van der Waals surface area (Å²) in [6.07, 6.45) is 0. The normalized spacial score (nSPS) is 12.7. The molecule has 2 heterocycles. The first-order valence-electron chi connectivity index (χ1n) is 28.0. The Bertz CT molecular complexity index is 2580. The Balaban J connectivity index is 2.02. The molecule has 2 nitrogen and oxygen atoms in total. The highest BCUT2D eigenvalue weighted by molar-refractivity contribution is 7.21. The Morgan fingerprint density at radius 2 is 0.375 bits per heavy atom. The Hall–Kier alpha value is -4.12. The average Bonchev–Trinajstić information content (AvgIpc) is 3.80. The summed E-state index contributed by atoms with van der Waals surface area (Å²) < 4.78 is 0. The fraction of sp³-hybridized carbons (Fsp3) is 0.529. The third-order valence-electron chi connectivity index (χ3n) is 15.5. The minimum Gasteiger partial charge on any atom is -0.506 e. The van der Waals surface area contributed by atoms with Crippen LogP contribution < -0.4 is 0 Å². The van der Waals surface area contributed by atoms with E-state index in [0.29, 0.717) is 23.7 Å². The van der Waals surface area contributed by atoms with Crippen LogP contribution in [0.2, 0.25) is 0 Å². The van der Waals surface area contributed by atoms with E-state index in [1.165, 1.54) is 77.9 Å². The van der Waals surface area contributed by atoms with Gasteiger partial charge < -0.3 is 10.2 Å². The van der Waals surface area contributed by atoms with Crippen molar-refractivity contribution >= 4 is 22.7 Å². The van der Waals surface area contributed by atoms with Crippen LogP contribution in [-0.4, -0.2) is 10.2 Å². The first kappa shape index (κ1) is 57.2. The summed E-state index contributed by atoms with van der Waals surface area (Å²) in [4.78, 5) is 3.88. The Morgan fingerprint density at radius 1 is 0.222 bits per heavy atom. The van der Waals surface area contributed by atoms with E-state index in [2.05, 4.69) is 215 Å². The first-order chi connectivity index (χ1) is 33.5. The van der Waals surface area contributed by atoms with Crippen molar-refractivity contribution in [3.05, 3.63) is 115 Å². The lowest BCUT2D eigenvalue weighted by molar-refractivity contribution is 0.474. The molecule has 0 saturated heterocycles. The topological polar surface area (TPSA) is 40.5 Å². The number of hydrogen-bond donors (Lipinski definition) is 2. The summed E-state index contributed by atoms with van der Waals surface area (Å²) in [5.74, 6) is 3.62. The molecule has 0 saturated carbocycles. The van der Waals surface area contributed by atoms with Gasteiger partial charge in [0.2, 0.25) is 0 Å². The number of rotatable bonds is 17. The highest BCUT2D eigenvalue weighted by Gasteiger charge is 2.37. The second kappa shape index (κ2) is 22.4. The van der Waals surface area contributed by atoms with Crippen molar-refractivity contribution in [3.8, 4) is 64.4 Å². The number of thiophene rings is 2. The fourth-order valence-corrected chi connectivity index (χ4v) is 13.6. The molecule has 0 aliphatic rings. The zero-order chi connectivity index (χ0) is 53.9. The van der Waals surface area contributed by atoms with Crippen LogP contribution in [0, 0.1) is 0 Å². The van der Waals surface area contributed by atoms with Crippen molar-refractivity contribution in [2.24, 2.45) is 0 Å². The minimum absolute atomic E-state index is 0.205. The van der Waals surface area contributed by atoms with E-state index >= 15 is 0 Å². The van der Waals surface area contributed by atoms with Gasteiger partial charge in [-0.3, -0.25) is 0 Å². The van der Waals surface area contributed by atoms with Crippen LogP contribution >= 0.6 is 22.7 Å². The quantitative estimate of drug-likeness (QED) is 0.0956. The lowest BCUT2D eigenvalue weighted by atomic mass is 9.80. The molecule has 72 heavy (non-hydrogen) atoms. The second-order valence-corrected chi connectivity index (χ2v) is 27.2. The van der Waals surface area contributed by atoms with E-state index in [1.54, 1.807) is 22.7 Å². The van der Waals surface area contributed by atoms with Crippen molar-refractivity contribution in [1.29, 1.82) is 0 Å². The van der Waals surface area contributed by atoms with Gasteiger partial charge in [-0.05, 0) is 149 Å². The molecule has 6 rings (SSSR count). The SMILES string of the molecule is CC(C)c1cc(C(C)C)c(-c2sc(-c3c(C(C)C)cc(C(C)C)cc3C(C)C)c(-c3c(-c4c(C(C)C)cc(C(C)C)cc4C(C)C)sc(-c4c(C(C)C)cc(C(C)C)cc4C(C)C)c3O)c2O)c(C(C)C)c1. The maximum Gasteiger partial charge on any atom is 0.142 e. The fourth-order valence-electron chi connectivity index (χ4n) is 10.9. The van der Waals surface area contributed by atoms with E-state index in [-0.39, 0.29) is 58.8 Å². The van der Waals surface area contributed by atoms with Crippen LogP contribution in [0.15, 0.2) is 48.5 Å². The Kier molecular flexibility index (Phi) is 17.8. The molecule has 0 bridgehead atoms. The van der Waals surface area contributed by atoms with Gasteiger partial charge in [0.25, 0.3) is 0 Å². The van der Waals surface area contributed by atoms with Gasteiger partial charge in [-0.15, -0.1) is 22.7 Å². The molecular formula is C68H94O2S2. The van der Waals surface area contributed by atoms with Crippen molar-refractivity contribution in [2.45, 2.75) is 237 Å². The molecule has 390 valence electrons. The van der Waals surface area contributed by atoms with Gasteiger partial charge in [-0.2, -0.15) is 0 Å². The summed E-state index contributed by atoms with van der Waals surface area (Å²) in [5, 5.41) is 28.0. The predicted octanol–water partition coefficient (Wildman–Crippen LogP) is 23.0. The predicted molar refractivity (Wildman–Crippen MR) is 322 cm³/mol. The van der Waals surface area contributed by atoms with Gasteiger partial charge in [0.1, 0.15) is 11.5 Å². The van der Waals surface area contributed by atoms with Crippen LogP contribution in [0.3, 0.4) is 0 Å². The van der Waals surface area contributed by atoms with E-state index in [0.717, 1.165) is 41.8 Å². The Morgan fingerprint density at radius 3 is 0.514 bits per heavy atom. The molecule has 2 N–H and O–H groups in total. The van der Waals surface area contributed by atoms with E-state index in [1.807, 2.05) is 0 Å². The summed E-state index contributed by atoms with van der Waals surface area (Å²) in [6, 6.07) is 19.5. The molecular weight excluding hydrogens is 913 g/mol. The lowest BCUT2D eigenvalue weighted by Gasteiger charge is -2.24. The first-order valence-corrected chi connectivity index (χ1v) is 29.6. The molecule has 0 radical (unpaired) electrons. The third-order valence-corrected chi connectivity index (χ3v) is 17.9. The van der Waals surface area contributed by atoms with Gasteiger partial charge in [-0.1, -0.05) is 215 Å². The molecule has 0 spiro atoms. The highest BCUT2D eigenvalue weighted by atomic mass is 32.1. The van der Waals surface area contributed by atoms with Crippen LogP contribution in [0.5, 0.6) is 11.5 Å². The summed E-state index contributed by atoms with van der Waals surface area (Å²) in [7, 11) is 0. The zero-order valence-corrected chi connectivity index (χ0v) is 50.9. The molecule has 0 amide bonds. The maximum atomic E-state index is 14.0. The molecule has 4 aromatic carbocycles. The molecule has 0 atom stereocenters. The summed E-state index contributed by atoms with van der Waals surface area (Å²) in [5.41, 5.74) is 21.8. The van der Waals surface area contributed by atoms with Gasteiger partial charge in [0.15, 0.2) is 0 Å². The molecule has 6 aromatic rings. The van der Waals surface area contributed by atoms with Crippen LogP contribution in [-0.2, 0) is 0 Å². The third kappa shape index (κ3) is 10.8. The van der Waals surface area contributed by atoms with Gasteiger partial charge in [0, 0.05) is 32.0 Å². The van der Waals surface area contributed by atoms with E-state index in [4.69, 9.17) is 0 Å². The monoisotopic (exact) mass is 1010 g/mol. The van der Waals surface area contributed by atoms with Gasteiger partial charge in [0.05, 0.1) is 9.75 Å². The summed E-state index contributed by atoms with van der Waals surface area (Å²) in [6.45, 7) is 55.4. The molecule has 2 aromatic heterocycles. The smallest absolute Gasteiger partial charge is 0.142 e. The summed E-state index contributed by atoms with van der Waals surface area (Å²) >= 11 is 3.50. The number of aromatic hydroxyl groups is 2. The molecule has 0 aliphatic carbocycles. The van der Waals surface area contributed by atoms with Crippen LogP contribution in [0.25, 0.3) is 52.9 Å². The van der Waals surface area contributed by atoms with Crippen molar-refractivity contribution in [2.75, 3.05) is 0 Å². The van der Waals surface area contributed by atoms with Crippen LogP contribution in [0.1, 0.15) is 304 Å². The van der Waals surface area contributed by atoms with Gasteiger partial charge in [-0.25, -0.2) is 0 Å². The second-order valence-electron chi connectivity index (χ2n) is 25.1. The minimum atomic E-state index is 0.205.